The molecule has 0 saturated carbocycles. The van der Waals surface area contributed by atoms with Crippen molar-refractivity contribution in [3.63, 3.8) is 0 Å². The Balaban J connectivity index is 1.97. The fraction of sp³-hybridized carbons (Fsp3) is 0.615. The average Bonchev–Trinajstić information content (AvgIpc) is 2.89. The van der Waals surface area contributed by atoms with Crippen LogP contribution in [0.4, 0.5) is 5.82 Å². The molecule has 21 heavy (non-hydrogen) atoms. The van der Waals surface area contributed by atoms with E-state index in [1.807, 2.05) is 0 Å². The number of nitrogens with two attached hydrogens (primary N) is 1. The molecule has 1 unspecified atom stereocenters. The van der Waals surface area contributed by atoms with Crippen molar-refractivity contribution in [3.05, 3.63) is 17.3 Å². The highest BCUT2D eigenvalue weighted by Crippen LogP contribution is 2.21. The van der Waals surface area contributed by atoms with Gasteiger partial charge in [0.15, 0.2) is 0 Å². The lowest BCUT2D eigenvalue weighted by atomic mass is 10.1. The van der Waals surface area contributed by atoms with Crippen LogP contribution in [0.25, 0.3) is 0 Å². The third-order valence-corrected chi connectivity index (χ3v) is 5.46. The van der Waals surface area contributed by atoms with Crippen LogP contribution >= 0.6 is 11.6 Å². The molecule has 1 aromatic heterocycles. The second kappa shape index (κ2) is 6.48. The molecule has 0 radical (unpaired) electrons. The zero-order valence-electron chi connectivity index (χ0n) is 12.2. The summed E-state index contributed by atoms with van der Waals surface area (Å²) in [4.78, 5) is 6.17. The third-order valence-electron chi connectivity index (χ3n) is 3.76. The minimum Gasteiger partial charge on any atom is -0.382 e. The third kappa shape index (κ3) is 4.06. The van der Waals surface area contributed by atoms with Gasteiger partial charge in [-0.1, -0.05) is 11.6 Å². The second-order valence-corrected chi connectivity index (χ2v) is 7.81. The quantitative estimate of drug-likeness (QED) is 0.849. The Kier molecular flexibility index (Phi) is 5.08. The zero-order chi connectivity index (χ0) is 15.6. The minimum atomic E-state index is -3.60. The van der Waals surface area contributed by atoms with Gasteiger partial charge in [-0.3, -0.25) is 0 Å². The standard InChI is InChI=1S/C13H21ClN4O2S/c1-9(2)18-4-3-10(8-18)6-17-21(19,20)11-5-12(14)13(15)16-7-11/h5,7,9-10,17H,3-4,6,8H2,1-2H3,(H2,15,16). The van der Waals surface area contributed by atoms with Gasteiger partial charge in [-0.15, -0.1) is 0 Å². The number of hydrogen-bond donors (Lipinski definition) is 2. The van der Waals surface area contributed by atoms with Crippen LogP contribution in [-0.2, 0) is 10.0 Å². The number of anilines is 1. The Hall–Kier alpha value is -0.890. The van der Waals surface area contributed by atoms with Crippen molar-refractivity contribution in [2.45, 2.75) is 31.2 Å². The largest absolute Gasteiger partial charge is 0.382 e. The normalized spacial score (nSPS) is 20.3. The number of hydrogen-bond acceptors (Lipinski definition) is 5. The van der Waals surface area contributed by atoms with E-state index in [0.717, 1.165) is 19.5 Å². The van der Waals surface area contributed by atoms with Crippen molar-refractivity contribution < 1.29 is 8.42 Å². The summed E-state index contributed by atoms with van der Waals surface area (Å²) in [5.41, 5.74) is 5.49. The van der Waals surface area contributed by atoms with Gasteiger partial charge in [-0.05, 0) is 38.8 Å². The predicted molar refractivity (Wildman–Crippen MR) is 83.7 cm³/mol. The summed E-state index contributed by atoms with van der Waals surface area (Å²) in [6.07, 6.45) is 2.22. The smallest absolute Gasteiger partial charge is 0.242 e. The minimum absolute atomic E-state index is 0.0420. The van der Waals surface area contributed by atoms with Gasteiger partial charge in [0.1, 0.15) is 10.7 Å². The van der Waals surface area contributed by atoms with E-state index in [4.69, 9.17) is 17.3 Å². The van der Waals surface area contributed by atoms with Gasteiger partial charge in [-0.25, -0.2) is 18.1 Å². The van der Waals surface area contributed by atoms with Crippen molar-refractivity contribution in [2.24, 2.45) is 5.92 Å². The maximum Gasteiger partial charge on any atom is 0.242 e. The number of sulfonamides is 1. The lowest BCUT2D eigenvalue weighted by Crippen LogP contribution is -2.33. The number of halogens is 1. The summed E-state index contributed by atoms with van der Waals surface area (Å²) in [5, 5.41) is 0.143. The summed E-state index contributed by atoms with van der Waals surface area (Å²) in [6, 6.07) is 1.81. The second-order valence-electron chi connectivity index (χ2n) is 5.63. The van der Waals surface area contributed by atoms with Gasteiger partial charge < -0.3 is 10.6 Å². The molecule has 0 spiro atoms. The molecule has 0 bridgehead atoms. The molecule has 1 fully saturated rings. The first-order valence-corrected chi connectivity index (χ1v) is 8.80. The van der Waals surface area contributed by atoms with Crippen LogP contribution in [0.2, 0.25) is 5.02 Å². The molecular weight excluding hydrogens is 312 g/mol. The number of pyridine rings is 1. The molecule has 1 atom stereocenters. The highest BCUT2D eigenvalue weighted by atomic mass is 35.5. The molecular formula is C13H21ClN4O2S. The maximum absolute atomic E-state index is 12.2. The molecule has 118 valence electrons. The van der Waals surface area contributed by atoms with Crippen molar-refractivity contribution in [1.29, 1.82) is 0 Å². The van der Waals surface area contributed by atoms with Gasteiger partial charge in [0, 0.05) is 25.3 Å². The summed E-state index contributed by atoms with van der Waals surface area (Å²) in [6.45, 7) is 6.65. The molecule has 0 amide bonds. The Morgan fingerprint density at radius 1 is 1.57 bits per heavy atom. The number of aromatic nitrogens is 1. The van der Waals surface area contributed by atoms with Crippen LogP contribution in [0.3, 0.4) is 0 Å². The molecule has 2 heterocycles. The molecule has 3 N–H and O–H groups in total. The van der Waals surface area contributed by atoms with Crippen LogP contribution < -0.4 is 10.5 Å². The van der Waals surface area contributed by atoms with Gasteiger partial charge in [0.05, 0.1) is 5.02 Å². The summed E-state index contributed by atoms with van der Waals surface area (Å²) in [5.74, 6) is 0.457. The topological polar surface area (TPSA) is 88.3 Å². The number of nitrogen functional groups attached to an aromatic ring is 1. The lowest BCUT2D eigenvalue weighted by molar-refractivity contribution is 0.265. The van der Waals surface area contributed by atoms with E-state index in [1.165, 1.54) is 12.3 Å². The lowest BCUT2D eigenvalue weighted by Gasteiger charge is -2.20. The van der Waals surface area contributed by atoms with Crippen molar-refractivity contribution in [3.8, 4) is 0 Å². The maximum atomic E-state index is 12.2. The number of nitrogens with zero attached hydrogens (tertiary/aromatic N) is 2. The molecule has 1 aliphatic rings. The van der Waals surface area contributed by atoms with E-state index in [2.05, 4.69) is 28.5 Å². The van der Waals surface area contributed by atoms with E-state index < -0.39 is 10.0 Å². The van der Waals surface area contributed by atoms with E-state index in [9.17, 15) is 8.42 Å². The van der Waals surface area contributed by atoms with Crippen LogP contribution in [0.5, 0.6) is 0 Å². The zero-order valence-corrected chi connectivity index (χ0v) is 13.8. The first-order valence-electron chi connectivity index (χ1n) is 6.94. The number of nitrogens with one attached hydrogen (secondary N) is 1. The molecule has 1 aromatic rings. The fourth-order valence-corrected chi connectivity index (χ4v) is 3.70. The van der Waals surface area contributed by atoms with Crippen LogP contribution in [0, 0.1) is 5.92 Å². The molecule has 1 aliphatic heterocycles. The Labute approximate surface area is 130 Å². The van der Waals surface area contributed by atoms with E-state index in [-0.39, 0.29) is 15.7 Å². The molecule has 0 aliphatic carbocycles. The average molecular weight is 333 g/mol. The van der Waals surface area contributed by atoms with Crippen molar-refractivity contribution in [1.82, 2.24) is 14.6 Å². The SMILES string of the molecule is CC(C)N1CCC(CNS(=O)(=O)c2cnc(N)c(Cl)c2)C1. The van der Waals surface area contributed by atoms with Gasteiger partial charge in [0.25, 0.3) is 0 Å². The Bertz CT molecular complexity index is 606. The first-order chi connectivity index (χ1) is 9.79. The predicted octanol–water partition coefficient (Wildman–Crippen LogP) is 1.33. The highest BCUT2D eigenvalue weighted by Gasteiger charge is 2.26. The van der Waals surface area contributed by atoms with E-state index in [1.54, 1.807) is 0 Å². The van der Waals surface area contributed by atoms with Crippen molar-refractivity contribution >= 4 is 27.4 Å². The summed E-state index contributed by atoms with van der Waals surface area (Å²) in [7, 11) is -3.60. The summed E-state index contributed by atoms with van der Waals surface area (Å²) >= 11 is 5.81. The van der Waals surface area contributed by atoms with E-state index in [0.29, 0.717) is 18.5 Å². The molecule has 8 heteroatoms. The number of rotatable bonds is 5. The monoisotopic (exact) mass is 332 g/mol. The van der Waals surface area contributed by atoms with Gasteiger partial charge >= 0.3 is 0 Å². The fourth-order valence-electron chi connectivity index (χ4n) is 2.39. The van der Waals surface area contributed by atoms with Gasteiger partial charge in [0.2, 0.25) is 10.0 Å². The van der Waals surface area contributed by atoms with Crippen LogP contribution in [0.1, 0.15) is 20.3 Å². The molecule has 2 rings (SSSR count). The molecule has 6 nitrogen and oxygen atoms in total. The summed E-state index contributed by atoms with van der Waals surface area (Å²) < 4.78 is 27.0. The molecule has 0 aromatic carbocycles. The van der Waals surface area contributed by atoms with E-state index >= 15 is 0 Å². The van der Waals surface area contributed by atoms with Crippen LogP contribution in [0.15, 0.2) is 17.2 Å². The van der Waals surface area contributed by atoms with Gasteiger partial charge in [-0.2, -0.15) is 0 Å². The first kappa shape index (κ1) is 16.5. The highest BCUT2D eigenvalue weighted by molar-refractivity contribution is 7.89. The molecule has 1 saturated heterocycles. The van der Waals surface area contributed by atoms with Crippen molar-refractivity contribution in [2.75, 3.05) is 25.4 Å². The Morgan fingerprint density at radius 3 is 2.86 bits per heavy atom. The van der Waals surface area contributed by atoms with Crippen LogP contribution in [-0.4, -0.2) is 44.0 Å². The Morgan fingerprint density at radius 2 is 2.29 bits per heavy atom. The number of likely N-dealkylation sites (tertiary alicyclic amines) is 1.